The van der Waals surface area contributed by atoms with Gasteiger partial charge < -0.3 is 9.64 Å². The first kappa shape index (κ1) is 14.5. The van der Waals surface area contributed by atoms with Crippen molar-refractivity contribution in [2.75, 3.05) is 13.2 Å². The van der Waals surface area contributed by atoms with Crippen LogP contribution >= 0.6 is 0 Å². The summed E-state index contributed by atoms with van der Waals surface area (Å²) in [4.78, 5) is 14.7. The highest BCUT2D eigenvalue weighted by molar-refractivity contribution is 5.79. The quantitative estimate of drug-likeness (QED) is 0.873. The summed E-state index contributed by atoms with van der Waals surface area (Å²) in [6.45, 7) is 1.38. The predicted molar refractivity (Wildman–Crippen MR) is 86.4 cm³/mol. The molecule has 2 aliphatic rings. The summed E-state index contributed by atoms with van der Waals surface area (Å²) in [6.07, 6.45) is 7.71. The number of para-hydroxylation sites is 1. The predicted octanol–water partition coefficient (Wildman–Crippen LogP) is 2.19. The van der Waals surface area contributed by atoms with Gasteiger partial charge in [-0.1, -0.05) is 18.2 Å². The largest absolute Gasteiger partial charge is 0.374 e. The number of amides is 1. The SMILES string of the molecule is O=C(Cc1cnn(-c2ccccc2)c1)N1CCO[C@@H]2CCC[C@@H]21. The first-order chi connectivity index (χ1) is 11.3. The van der Waals surface area contributed by atoms with Crippen molar-refractivity contribution < 1.29 is 9.53 Å². The lowest BCUT2D eigenvalue weighted by atomic mass is 10.1. The second-order valence-electron chi connectivity index (χ2n) is 6.30. The molecule has 5 nitrogen and oxygen atoms in total. The monoisotopic (exact) mass is 311 g/mol. The van der Waals surface area contributed by atoms with Crippen LogP contribution in [0.5, 0.6) is 0 Å². The Labute approximate surface area is 135 Å². The van der Waals surface area contributed by atoms with E-state index in [0.29, 0.717) is 19.6 Å². The van der Waals surface area contributed by atoms with Crippen molar-refractivity contribution >= 4 is 5.91 Å². The molecule has 0 unspecified atom stereocenters. The maximum atomic E-state index is 12.7. The van der Waals surface area contributed by atoms with Gasteiger partial charge in [0.25, 0.3) is 0 Å². The standard InChI is InChI=1S/C18H21N3O2/c22-18(20-9-10-23-17-8-4-7-16(17)20)11-14-12-19-21(13-14)15-5-2-1-3-6-15/h1-3,5-6,12-13,16-17H,4,7-11H2/t16-,17+/m0/s1. The molecule has 0 spiro atoms. The normalized spacial score (nSPS) is 23.7. The highest BCUT2D eigenvalue weighted by Crippen LogP contribution is 2.30. The lowest BCUT2D eigenvalue weighted by Crippen LogP contribution is -2.51. The van der Waals surface area contributed by atoms with Crippen LogP contribution in [0, 0.1) is 0 Å². The smallest absolute Gasteiger partial charge is 0.227 e. The molecule has 2 atom stereocenters. The molecule has 1 aromatic carbocycles. The number of nitrogens with zero attached hydrogens (tertiary/aromatic N) is 3. The van der Waals surface area contributed by atoms with E-state index in [4.69, 9.17) is 4.74 Å². The van der Waals surface area contributed by atoms with Crippen LogP contribution in [0.1, 0.15) is 24.8 Å². The lowest BCUT2D eigenvalue weighted by molar-refractivity contribution is -0.143. The van der Waals surface area contributed by atoms with Crippen LogP contribution in [0.4, 0.5) is 0 Å². The molecule has 1 aromatic heterocycles. The number of ether oxygens (including phenoxy) is 1. The van der Waals surface area contributed by atoms with E-state index >= 15 is 0 Å². The van der Waals surface area contributed by atoms with Gasteiger partial charge in [0.15, 0.2) is 0 Å². The number of morpholine rings is 1. The van der Waals surface area contributed by atoms with E-state index in [2.05, 4.69) is 5.10 Å². The Morgan fingerprint density at radius 2 is 2.13 bits per heavy atom. The number of carbonyl (C=O) groups excluding carboxylic acids is 1. The first-order valence-corrected chi connectivity index (χ1v) is 8.31. The summed E-state index contributed by atoms with van der Waals surface area (Å²) in [6, 6.07) is 10.2. The third-order valence-electron chi connectivity index (χ3n) is 4.81. The average molecular weight is 311 g/mol. The molecule has 23 heavy (non-hydrogen) atoms. The van der Waals surface area contributed by atoms with Gasteiger partial charge in [0.1, 0.15) is 0 Å². The van der Waals surface area contributed by atoms with Crippen molar-refractivity contribution in [1.29, 1.82) is 0 Å². The fourth-order valence-corrected chi connectivity index (χ4v) is 3.68. The number of hydrogen-bond acceptors (Lipinski definition) is 3. The molecule has 0 radical (unpaired) electrons. The summed E-state index contributed by atoms with van der Waals surface area (Å²) in [5, 5.41) is 4.37. The number of fused-ring (bicyclic) bond motifs is 1. The van der Waals surface area contributed by atoms with Gasteiger partial charge >= 0.3 is 0 Å². The van der Waals surface area contributed by atoms with E-state index in [0.717, 1.165) is 30.5 Å². The minimum Gasteiger partial charge on any atom is -0.374 e. The second-order valence-corrected chi connectivity index (χ2v) is 6.30. The minimum atomic E-state index is 0.192. The van der Waals surface area contributed by atoms with Gasteiger partial charge in [0.05, 0.1) is 37.1 Å². The summed E-state index contributed by atoms with van der Waals surface area (Å²) in [7, 11) is 0. The average Bonchev–Trinajstić information content (AvgIpc) is 3.24. The Morgan fingerprint density at radius 1 is 1.26 bits per heavy atom. The summed E-state index contributed by atoms with van der Waals surface area (Å²) in [5.41, 5.74) is 1.97. The van der Waals surface area contributed by atoms with Crippen LogP contribution in [0.3, 0.4) is 0 Å². The van der Waals surface area contributed by atoms with E-state index in [9.17, 15) is 4.79 Å². The first-order valence-electron chi connectivity index (χ1n) is 8.31. The summed E-state index contributed by atoms with van der Waals surface area (Å²) >= 11 is 0. The van der Waals surface area contributed by atoms with Gasteiger partial charge in [-0.3, -0.25) is 4.79 Å². The van der Waals surface area contributed by atoms with Crippen LogP contribution in [-0.4, -0.2) is 45.9 Å². The fraction of sp³-hybridized carbons (Fsp3) is 0.444. The van der Waals surface area contributed by atoms with E-state index in [1.165, 1.54) is 0 Å². The van der Waals surface area contributed by atoms with E-state index in [1.54, 1.807) is 6.20 Å². The molecule has 5 heteroatoms. The molecular weight excluding hydrogens is 290 g/mol. The summed E-state index contributed by atoms with van der Waals surface area (Å²) < 4.78 is 7.60. The molecule has 120 valence electrons. The van der Waals surface area contributed by atoms with Gasteiger partial charge in [0.2, 0.25) is 5.91 Å². The van der Waals surface area contributed by atoms with Gasteiger partial charge in [-0.2, -0.15) is 5.10 Å². The molecule has 1 aliphatic heterocycles. The maximum Gasteiger partial charge on any atom is 0.227 e. The van der Waals surface area contributed by atoms with Crippen LogP contribution in [0.2, 0.25) is 0 Å². The van der Waals surface area contributed by atoms with Crippen LogP contribution in [0.25, 0.3) is 5.69 Å². The Kier molecular flexibility index (Phi) is 3.87. The van der Waals surface area contributed by atoms with Crippen molar-refractivity contribution in [3.8, 4) is 5.69 Å². The Bertz CT molecular complexity index is 683. The van der Waals surface area contributed by atoms with E-state index in [-0.39, 0.29) is 18.1 Å². The van der Waals surface area contributed by atoms with Crippen LogP contribution in [0.15, 0.2) is 42.7 Å². The Hall–Kier alpha value is -2.14. The number of benzene rings is 1. The van der Waals surface area contributed by atoms with Gasteiger partial charge in [0, 0.05) is 12.7 Å². The zero-order valence-electron chi connectivity index (χ0n) is 13.1. The molecular formula is C18H21N3O2. The number of aromatic nitrogens is 2. The Morgan fingerprint density at radius 3 is 3.00 bits per heavy atom. The number of carbonyl (C=O) groups is 1. The number of rotatable bonds is 3. The molecule has 2 fully saturated rings. The van der Waals surface area contributed by atoms with Crippen LogP contribution < -0.4 is 0 Å². The zero-order chi connectivity index (χ0) is 15.6. The molecule has 4 rings (SSSR count). The Balaban J connectivity index is 1.46. The lowest BCUT2D eigenvalue weighted by Gasteiger charge is -2.37. The van der Waals surface area contributed by atoms with Crippen molar-refractivity contribution in [1.82, 2.24) is 14.7 Å². The fourth-order valence-electron chi connectivity index (χ4n) is 3.68. The summed E-state index contributed by atoms with van der Waals surface area (Å²) in [5.74, 6) is 0.192. The van der Waals surface area contributed by atoms with Crippen LogP contribution in [-0.2, 0) is 16.0 Å². The molecule has 2 heterocycles. The second kappa shape index (κ2) is 6.16. The van der Waals surface area contributed by atoms with Gasteiger partial charge in [-0.15, -0.1) is 0 Å². The highest BCUT2D eigenvalue weighted by Gasteiger charge is 2.38. The molecule has 0 N–H and O–H groups in total. The van der Waals surface area contributed by atoms with E-state index in [1.807, 2.05) is 46.1 Å². The van der Waals surface area contributed by atoms with Crippen molar-refractivity contribution in [2.45, 2.75) is 37.8 Å². The third kappa shape index (κ3) is 2.88. The number of hydrogen-bond donors (Lipinski definition) is 0. The molecule has 1 aliphatic carbocycles. The van der Waals surface area contributed by atoms with Crippen molar-refractivity contribution in [3.05, 3.63) is 48.3 Å². The van der Waals surface area contributed by atoms with Gasteiger partial charge in [-0.25, -0.2) is 4.68 Å². The molecule has 2 aromatic rings. The highest BCUT2D eigenvalue weighted by atomic mass is 16.5. The maximum absolute atomic E-state index is 12.7. The van der Waals surface area contributed by atoms with Crippen molar-refractivity contribution in [3.63, 3.8) is 0 Å². The molecule has 1 saturated carbocycles. The molecule has 1 amide bonds. The zero-order valence-corrected chi connectivity index (χ0v) is 13.1. The molecule has 0 bridgehead atoms. The molecule has 1 saturated heterocycles. The van der Waals surface area contributed by atoms with Crippen molar-refractivity contribution in [2.24, 2.45) is 0 Å². The van der Waals surface area contributed by atoms with Gasteiger partial charge in [-0.05, 0) is 37.0 Å². The van der Waals surface area contributed by atoms with E-state index < -0.39 is 0 Å². The minimum absolute atomic E-state index is 0.192. The topological polar surface area (TPSA) is 47.4 Å². The third-order valence-corrected chi connectivity index (χ3v) is 4.81.